The van der Waals surface area contributed by atoms with Crippen molar-refractivity contribution in [3.8, 4) is 0 Å². The summed E-state index contributed by atoms with van der Waals surface area (Å²) >= 11 is 0. The normalized spacial score (nSPS) is 11.0. The highest BCUT2D eigenvalue weighted by Gasteiger charge is 2.17. The lowest BCUT2D eigenvalue weighted by Gasteiger charge is -2.13. The monoisotopic (exact) mass is 321 g/mol. The summed E-state index contributed by atoms with van der Waals surface area (Å²) in [6.45, 7) is 4.15. The molecule has 5 heteroatoms. The number of rotatable bonds is 4. The molecule has 0 spiro atoms. The first-order valence-corrected chi connectivity index (χ1v) is 7.91. The zero-order valence-corrected chi connectivity index (χ0v) is 13.7. The summed E-state index contributed by atoms with van der Waals surface area (Å²) in [5.41, 5.74) is 1.10. The lowest BCUT2D eigenvalue weighted by molar-refractivity contribution is 0.0945. The van der Waals surface area contributed by atoms with Crippen molar-refractivity contribution >= 4 is 16.7 Å². The van der Waals surface area contributed by atoms with Crippen LogP contribution in [-0.4, -0.2) is 15.7 Å². The molecule has 0 unspecified atom stereocenters. The minimum absolute atomic E-state index is 0.122. The number of carbonyl (C=O) groups excluding carboxylic acids is 1. The summed E-state index contributed by atoms with van der Waals surface area (Å²) in [5, 5.41) is 8.26. The van der Waals surface area contributed by atoms with Crippen molar-refractivity contribution in [1.82, 2.24) is 15.1 Å². The van der Waals surface area contributed by atoms with E-state index in [0.29, 0.717) is 17.3 Å². The van der Waals surface area contributed by atoms with E-state index >= 15 is 0 Å². The Hall–Kier alpha value is -2.95. The van der Waals surface area contributed by atoms with E-state index in [9.17, 15) is 9.59 Å². The van der Waals surface area contributed by atoms with Crippen LogP contribution in [0.3, 0.4) is 0 Å². The number of nitrogens with one attached hydrogen (secondary N) is 1. The number of hydrogen-bond donors (Lipinski definition) is 1. The number of aromatic nitrogens is 2. The van der Waals surface area contributed by atoms with Gasteiger partial charge in [-0.05, 0) is 25.5 Å². The van der Waals surface area contributed by atoms with Crippen LogP contribution >= 0.6 is 0 Å². The summed E-state index contributed by atoms with van der Waals surface area (Å²) < 4.78 is 1.36. The Morgan fingerprint density at radius 3 is 2.33 bits per heavy atom. The summed E-state index contributed by atoms with van der Waals surface area (Å²) in [7, 11) is 0. The number of hydrogen-bond acceptors (Lipinski definition) is 3. The van der Waals surface area contributed by atoms with Gasteiger partial charge in [-0.1, -0.05) is 48.5 Å². The number of amides is 1. The fourth-order valence-corrected chi connectivity index (χ4v) is 2.59. The van der Waals surface area contributed by atoms with E-state index in [2.05, 4.69) is 10.4 Å². The van der Waals surface area contributed by atoms with Crippen molar-refractivity contribution < 1.29 is 4.79 Å². The Kier molecular flexibility index (Phi) is 4.42. The first-order chi connectivity index (χ1) is 11.6. The third-order valence-electron chi connectivity index (χ3n) is 3.83. The van der Waals surface area contributed by atoms with Gasteiger partial charge in [0, 0.05) is 11.9 Å². The topological polar surface area (TPSA) is 64.0 Å². The summed E-state index contributed by atoms with van der Waals surface area (Å²) in [6.07, 6.45) is 0. The van der Waals surface area contributed by atoms with Gasteiger partial charge in [0.15, 0.2) is 5.69 Å². The van der Waals surface area contributed by atoms with Crippen molar-refractivity contribution in [2.24, 2.45) is 0 Å². The molecule has 0 bridgehead atoms. The minimum atomic E-state index is -0.288. The highest BCUT2D eigenvalue weighted by atomic mass is 16.2. The molecule has 3 rings (SSSR count). The van der Waals surface area contributed by atoms with Crippen LogP contribution in [0, 0.1) is 0 Å². The average molecular weight is 321 g/mol. The van der Waals surface area contributed by atoms with Crippen molar-refractivity contribution in [2.45, 2.75) is 26.4 Å². The third-order valence-corrected chi connectivity index (χ3v) is 3.83. The van der Waals surface area contributed by atoms with E-state index in [1.807, 2.05) is 44.2 Å². The van der Waals surface area contributed by atoms with Crippen LogP contribution in [0.25, 0.3) is 10.8 Å². The Balaban J connectivity index is 2.00. The quantitative estimate of drug-likeness (QED) is 0.803. The second kappa shape index (κ2) is 6.66. The molecule has 0 fully saturated rings. The molecule has 122 valence electrons. The highest BCUT2D eigenvalue weighted by Crippen LogP contribution is 2.15. The molecule has 1 N–H and O–H groups in total. The Morgan fingerprint density at radius 1 is 1.04 bits per heavy atom. The predicted octanol–water partition coefficient (Wildman–Crippen LogP) is 2.91. The Bertz CT molecular complexity index is 930. The number of carbonyl (C=O) groups is 1. The zero-order valence-electron chi connectivity index (χ0n) is 13.7. The maximum atomic E-state index is 12.6. The molecule has 0 aliphatic rings. The van der Waals surface area contributed by atoms with E-state index in [1.165, 1.54) is 4.68 Å². The van der Waals surface area contributed by atoms with Gasteiger partial charge in [0.2, 0.25) is 0 Å². The second-order valence-electron chi connectivity index (χ2n) is 5.91. The Morgan fingerprint density at radius 2 is 1.67 bits per heavy atom. The molecule has 0 aliphatic heterocycles. The lowest BCUT2D eigenvalue weighted by atomic mass is 10.1. The molecule has 2 aromatic carbocycles. The molecule has 1 aromatic heterocycles. The molecular formula is C19H19N3O2. The SMILES string of the molecule is CC(C)n1nc(C(=O)NCc2ccccc2)c2ccccc2c1=O. The molecule has 5 nitrogen and oxygen atoms in total. The molecule has 3 aromatic rings. The van der Waals surface area contributed by atoms with Crippen molar-refractivity contribution in [1.29, 1.82) is 0 Å². The standard InChI is InChI=1S/C19H19N3O2/c1-13(2)22-19(24)16-11-7-6-10-15(16)17(21-22)18(23)20-12-14-8-4-3-5-9-14/h3-11,13H,12H2,1-2H3,(H,20,23). The van der Waals surface area contributed by atoms with Crippen LogP contribution in [-0.2, 0) is 6.54 Å². The largest absolute Gasteiger partial charge is 0.347 e. The van der Waals surface area contributed by atoms with Gasteiger partial charge in [0.1, 0.15) is 0 Å². The second-order valence-corrected chi connectivity index (χ2v) is 5.91. The van der Waals surface area contributed by atoms with Gasteiger partial charge in [0.25, 0.3) is 11.5 Å². The maximum Gasteiger partial charge on any atom is 0.274 e. The van der Waals surface area contributed by atoms with E-state index < -0.39 is 0 Å². The van der Waals surface area contributed by atoms with Gasteiger partial charge in [-0.2, -0.15) is 5.10 Å². The van der Waals surface area contributed by atoms with Crippen LogP contribution in [0.2, 0.25) is 0 Å². The van der Waals surface area contributed by atoms with Crippen LogP contribution in [0.15, 0.2) is 59.4 Å². The number of benzene rings is 2. The fourth-order valence-electron chi connectivity index (χ4n) is 2.59. The molecule has 1 amide bonds. The maximum absolute atomic E-state index is 12.6. The first-order valence-electron chi connectivity index (χ1n) is 7.91. The van der Waals surface area contributed by atoms with Crippen molar-refractivity contribution in [3.05, 3.63) is 76.2 Å². The molecule has 1 heterocycles. The smallest absolute Gasteiger partial charge is 0.274 e. The van der Waals surface area contributed by atoms with Gasteiger partial charge in [-0.25, -0.2) is 4.68 Å². The number of nitrogens with zero attached hydrogens (tertiary/aromatic N) is 2. The molecule has 0 aliphatic carbocycles. The van der Waals surface area contributed by atoms with Gasteiger partial charge < -0.3 is 5.32 Å². The summed E-state index contributed by atoms with van der Waals surface area (Å²) in [6, 6.07) is 16.6. The molecule has 0 saturated heterocycles. The van der Waals surface area contributed by atoms with Crippen molar-refractivity contribution in [2.75, 3.05) is 0 Å². The predicted molar refractivity (Wildman–Crippen MR) is 94.0 cm³/mol. The van der Waals surface area contributed by atoms with Gasteiger partial charge >= 0.3 is 0 Å². The van der Waals surface area contributed by atoms with Crippen LogP contribution in [0.4, 0.5) is 0 Å². The third kappa shape index (κ3) is 3.06. The van der Waals surface area contributed by atoms with Crippen LogP contribution in [0.1, 0.15) is 35.9 Å². The summed E-state index contributed by atoms with van der Waals surface area (Å²) in [5.74, 6) is -0.288. The lowest BCUT2D eigenvalue weighted by Crippen LogP contribution is -2.31. The van der Waals surface area contributed by atoms with Gasteiger partial charge in [-0.3, -0.25) is 9.59 Å². The average Bonchev–Trinajstić information content (AvgIpc) is 2.61. The van der Waals surface area contributed by atoms with E-state index in [0.717, 1.165) is 5.56 Å². The minimum Gasteiger partial charge on any atom is -0.347 e. The van der Waals surface area contributed by atoms with E-state index in [1.54, 1.807) is 24.3 Å². The van der Waals surface area contributed by atoms with Crippen LogP contribution < -0.4 is 10.9 Å². The van der Waals surface area contributed by atoms with Gasteiger partial charge in [-0.15, -0.1) is 0 Å². The Labute approximate surface area is 139 Å². The molecule has 0 saturated carbocycles. The van der Waals surface area contributed by atoms with Gasteiger partial charge in [0.05, 0.1) is 11.4 Å². The van der Waals surface area contributed by atoms with E-state index in [-0.39, 0.29) is 23.2 Å². The highest BCUT2D eigenvalue weighted by molar-refractivity contribution is 6.04. The molecule has 0 atom stereocenters. The van der Waals surface area contributed by atoms with E-state index in [4.69, 9.17) is 0 Å². The molecule has 0 radical (unpaired) electrons. The van der Waals surface area contributed by atoms with Crippen LogP contribution in [0.5, 0.6) is 0 Å². The first kappa shape index (κ1) is 15.9. The van der Waals surface area contributed by atoms with Crippen molar-refractivity contribution in [3.63, 3.8) is 0 Å². The molecule has 24 heavy (non-hydrogen) atoms. The summed E-state index contributed by atoms with van der Waals surface area (Å²) in [4.78, 5) is 25.1. The number of fused-ring (bicyclic) bond motifs is 1. The fraction of sp³-hybridized carbons (Fsp3) is 0.211. The zero-order chi connectivity index (χ0) is 17.1. The molecular weight excluding hydrogens is 302 g/mol.